The molecule has 4 heteroatoms. The molecule has 2 rings (SSSR count). The highest BCUT2D eigenvalue weighted by molar-refractivity contribution is 5.42. The number of H-pyrrole nitrogens is 1. The van der Waals surface area contributed by atoms with Gasteiger partial charge in [0.25, 0.3) is 0 Å². The number of aromatic amines is 1. The summed E-state index contributed by atoms with van der Waals surface area (Å²) in [5.74, 6) is 2.98. The van der Waals surface area contributed by atoms with Crippen LogP contribution in [0.5, 0.6) is 0 Å². The van der Waals surface area contributed by atoms with Crippen molar-refractivity contribution in [3.8, 4) is 12.3 Å². The average molecular weight is 188 g/mol. The maximum atomic E-state index is 5.29. The van der Waals surface area contributed by atoms with Crippen LogP contribution in [0, 0.1) is 12.3 Å². The number of hydrogen-bond donors (Lipinski definition) is 1. The molecule has 0 amide bonds. The molecule has 0 aliphatic rings. The van der Waals surface area contributed by atoms with Crippen LogP contribution >= 0.6 is 0 Å². The molecule has 0 saturated heterocycles. The Labute approximate surface area is 82.3 Å². The number of nitrogens with zero attached hydrogens (tertiary/aromatic N) is 3. The van der Waals surface area contributed by atoms with Gasteiger partial charge in [0.15, 0.2) is 5.65 Å². The van der Waals surface area contributed by atoms with Crippen molar-refractivity contribution >= 4 is 5.65 Å². The van der Waals surface area contributed by atoms with E-state index in [1.165, 1.54) is 0 Å². The summed E-state index contributed by atoms with van der Waals surface area (Å²) in [5.41, 5.74) is 1.92. The summed E-state index contributed by atoms with van der Waals surface area (Å²) in [6.45, 7) is 6.38. The van der Waals surface area contributed by atoms with Crippen molar-refractivity contribution < 1.29 is 0 Å². The Balaban J connectivity index is 2.65. The summed E-state index contributed by atoms with van der Waals surface area (Å²) >= 11 is 0. The molecule has 0 aliphatic heterocycles. The number of rotatable bonds is 0. The zero-order valence-corrected chi connectivity index (χ0v) is 8.50. The van der Waals surface area contributed by atoms with Crippen molar-refractivity contribution in [3.05, 3.63) is 17.6 Å². The fourth-order valence-corrected chi connectivity index (χ4v) is 1.26. The van der Waals surface area contributed by atoms with E-state index in [0.29, 0.717) is 5.82 Å². The highest BCUT2D eigenvalue weighted by atomic mass is 15.4. The maximum absolute atomic E-state index is 5.29. The summed E-state index contributed by atoms with van der Waals surface area (Å²) in [6.07, 6.45) is 5.29. The molecule has 0 radical (unpaired) electrons. The second-order valence-electron chi connectivity index (χ2n) is 4.28. The Morgan fingerprint density at radius 1 is 1.43 bits per heavy atom. The molecular weight excluding hydrogens is 176 g/mol. The van der Waals surface area contributed by atoms with Crippen LogP contribution in [0.4, 0.5) is 0 Å². The van der Waals surface area contributed by atoms with Gasteiger partial charge in [-0.05, 0) is 5.92 Å². The molecule has 2 aromatic heterocycles. The molecule has 0 spiro atoms. The van der Waals surface area contributed by atoms with Crippen molar-refractivity contribution in [2.24, 2.45) is 0 Å². The third-order valence-corrected chi connectivity index (χ3v) is 2.13. The summed E-state index contributed by atoms with van der Waals surface area (Å²) in [6, 6.07) is 1.97. The Morgan fingerprint density at radius 3 is 2.71 bits per heavy atom. The van der Waals surface area contributed by atoms with E-state index in [1.54, 1.807) is 4.52 Å². The summed E-state index contributed by atoms with van der Waals surface area (Å²) < 4.78 is 1.72. The first-order valence-electron chi connectivity index (χ1n) is 4.43. The van der Waals surface area contributed by atoms with Gasteiger partial charge in [0.2, 0.25) is 5.82 Å². The van der Waals surface area contributed by atoms with E-state index in [9.17, 15) is 0 Å². The van der Waals surface area contributed by atoms with Crippen molar-refractivity contribution in [3.63, 3.8) is 0 Å². The van der Waals surface area contributed by atoms with Crippen LogP contribution in [-0.4, -0.2) is 19.8 Å². The quantitative estimate of drug-likeness (QED) is 0.634. The van der Waals surface area contributed by atoms with E-state index in [2.05, 4.69) is 42.0 Å². The van der Waals surface area contributed by atoms with Gasteiger partial charge in [-0.3, -0.25) is 5.10 Å². The third kappa shape index (κ3) is 1.18. The molecule has 2 aromatic rings. The zero-order valence-electron chi connectivity index (χ0n) is 8.50. The van der Waals surface area contributed by atoms with E-state index >= 15 is 0 Å². The zero-order chi connectivity index (χ0) is 10.3. The van der Waals surface area contributed by atoms with E-state index in [0.717, 1.165) is 11.3 Å². The van der Waals surface area contributed by atoms with Crippen LogP contribution in [0.2, 0.25) is 0 Å². The fraction of sp³-hybridized carbons (Fsp3) is 0.400. The first-order chi connectivity index (χ1) is 6.52. The lowest BCUT2D eigenvalue weighted by Crippen LogP contribution is -2.12. The van der Waals surface area contributed by atoms with Gasteiger partial charge in [-0.25, -0.2) is 4.52 Å². The van der Waals surface area contributed by atoms with E-state index < -0.39 is 0 Å². The molecule has 14 heavy (non-hydrogen) atoms. The largest absolute Gasteiger partial charge is 0.294 e. The summed E-state index contributed by atoms with van der Waals surface area (Å²) in [7, 11) is 0. The molecule has 0 unspecified atom stereocenters. The lowest BCUT2D eigenvalue weighted by atomic mass is 9.93. The molecule has 4 nitrogen and oxygen atoms in total. The predicted octanol–water partition coefficient (Wildman–Crippen LogP) is 1.34. The van der Waals surface area contributed by atoms with Crippen LogP contribution in [0.3, 0.4) is 0 Å². The number of nitrogens with one attached hydrogen (secondary N) is 1. The van der Waals surface area contributed by atoms with Crippen molar-refractivity contribution in [2.75, 3.05) is 0 Å². The highest BCUT2D eigenvalue weighted by Crippen LogP contribution is 2.21. The van der Waals surface area contributed by atoms with E-state index in [-0.39, 0.29) is 5.41 Å². The normalized spacial score (nSPS) is 11.9. The van der Waals surface area contributed by atoms with Gasteiger partial charge in [0.1, 0.15) is 0 Å². The molecule has 0 bridgehead atoms. The van der Waals surface area contributed by atoms with Crippen molar-refractivity contribution in [1.29, 1.82) is 0 Å². The molecule has 0 aromatic carbocycles. The van der Waals surface area contributed by atoms with Gasteiger partial charge in [-0.15, -0.1) is 16.6 Å². The molecule has 72 valence electrons. The lowest BCUT2D eigenvalue weighted by Gasteiger charge is -2.14. The summed E-state index contributed by atoms with van der Waals surface area (Å²) in [5, 5.41) is 11.0. The Hall–Kier alpha value is -1.76. The maximum Gasteiger partial charge on any atom is 0.227 e. The van der Waals surface area contributed by atoms with Gasteiger partial charge < -0.3 is 0 Å². The van der Waals surface area contributed by atoms with Crippen molar-refractivity contribution in [2.45, 2.75) is 26.2 Å². The van der Waals surface area contributed by atoms with Crippen LogP contribution in [0.25, 0.3) is 5.65 Å². The Bertz CT molecular complexity index is 504. The molecular formula is C10H12N4. The van der Waals surface area contributed by atoms with E-state index in [1.807, 2.05) is 6.07 Å². The van der Waals surface area contributed by atoms with Gasteiger partial charge in [-0.2, -0.15) is 0 Å². The second-order valence-corrected chi connectivity index (χ2v) is 4.28. The smallest absolute Gasteiger partial charge is 0.227 e. The third-order valence-electron chi connectivity index (χ3n) is 2.13. The topological polar surface area (TPSA) is 46.0 Å². The SMILES string of the molecule is C#Cc1nnc2cc(C(C)(C)C)[nH]n12. The number of hydrogen-bond acceptors (Lipinski definition) is 2. The van der Waals surface area contributed by atoms with Crippen LogP contribution in [0.1, 0.15) is 32.3 Å². The molecule has 0 fully saturated rings. The minimum Gasteiger partial charge on any atom is -0.294 e. The minimum absolute atomic E-state index is 0.0621. The average Bonchev–Trinajstić information content (AvgIpc) is 2.58. The fourth-order valence-electron chi connectivity index (χ4n) is 1.26. The second kappa shape index (κ2) is 2.61. The molecule has 1 N–H and O–H groups in total. The molecule has 0 saturated carbocycles. The number of fused-ring (bicyclic) bond motifs is 1. The first kappa shape index (κ1) is 8.82. The first-order valence-corrected chi connectivity index (χ1v) is 4.43. The standard InChI is InChI=1S/C10H12N4/c1-5-8-11-12-9-6-7(10(2,3)4)13-14(8)9/h1,6,13H,2-4H3. The Kier molecular flexibility index (Phi) is 1.65. The highest BCUT2D eigenvalue weighted by Gasteiger charge is 2.18. The van der Waals surface area contributed by atoms with Crippen molar-refractivity contribution in [1.82, 2.24) is 19.8 Å². The predicted molar refractivity (Wildman–Crippen MR) is 54.0 cm³/mol. The van der Waals surface area contributed by atoms with Crippen LogP contribution in [-0.2, 0) is 5.41 Å². The molecule has 0 atom stereocenters. The van der Waals surface area contributed by atoms with Gasteiger partial charge >= 0.3 is 0 Å². The molecule has 0 aliphatic carbocycles. The van der Waals surface area contributed by atoms with E-state index in [4.69, 9.17) is 6.42 Å². The van der Waals surface area contributed by atoms with Gasteiger partial charge in [0.05, 0.1) is 0 Å². The van der Waals surface area contributed by atoms with Crippen LogP contribution < -0.4 is 0 Å². The summed E-state index contributed by atoms with van der Waals surface area (Å²) in [4.78, 5) is 0. The van der Waals surface area contributed by atoms with Crippen LogP contribution in [0.15, 0.2) is 6.07 Å². The molecule has 2 heterocycles. The number of aromatic nitrogens is 4. The van der Waals surface area contributed by atoms with Gasteiger partial charge in [0, 0.05) is 17.2 Å². The number of terminal acetylenes is 1. The Morgan fingerprint density at radius 2 is 2.14 bits per heavy atom. The lowest BCUT2D eigenvalue weighted by molar-refractivity contribution is 0.562. The van der Waals surface area contributed by atoms with Gasteiger partial charge in [-0.1, -0.05) is 20.8 Å². The minimum atomic E-state index is 0.0621. The monoisotopic (exact) mass is 188 g/mol.